The Morgan fingerprint density at radius 3 is 2.51 bits per heavy atom. The first-order valence-corrected chi connectivity index (χ1v) is 13.2. The lowest BCUT2D eigenvalue weighted by Gasteiger charge is -2.26. The van der Waals surface area contributed by atoms with E-state index in [0.717, 1.165) is 18.9 Å². The standard InChI is InChI=1S/C29H32F3N3O4/c1-17(21-4-3-5-22(28(21)30)29(31)32)34-24-6-10-33-25-15-27(38-19-8-12-37-13-9-19)26(14-23(24)25)39-20-7-11-35(16-20)18(2)36/h3-6,10,14-15,17,19-20,29H,7-9,11-13,16H2,1-2H3,(H,33,34)/t17-,20+/m1/s1. The summed E-state index contributed by atoms with van der Waals surface area (Å²) in [4.78, 5) is 18.1. The fourth-order valence-corrected chi connectivity index (χ4v) is 5.11. The van der Waals surface area contributed by atoms with Crippen LogP contribution in [0.5, 0.6) is 11.5 Å². The first-order valence-electron chi connectivity index (χ1n) is 13.2. The summed E-state index contributed by atoms with van der Waals surface area (Å²) in [5.74, 6) is 0.174. The van der Waals surface area contributed by atoms with Crippen LogP contribution in [0.15, 0.2) is 42.6 Å². The molecule has 0 saturated carbocycles. The lowest BCUT2D eigenvalue weighted by molar-refractivity contribution is -0.128. The van der Waals surface area contributed by atoms with Gasteiger partial charge in [-0.15, -0.1) is 0 Å². The number of hydrogen-bond acceptors (Lipinski definition) is 6. The van der Waals surface area contributed by atoms with Crippen LogP contribution < -0.4 is 14.8 Å². The number of likely N-dealkylation sites (tertiary alicyclic amines) is 1. The Morgan fingerprint density at radius 2 is 1.79 bits per heavy atom. The number of carbonyl (C=O) groups is 1. The van der Waals surface area contributed by atoms with Crippen LogP contribution >= 0.6 is 0 Å². The highest BCUT2D eigenvalue weighted by atomic mass is 19.3. The number of halogens is 3. The molecule has 5 rings (SSSR count). The predicted molar refractivity (Wildman–Crippen MR) is 141 cm³/mol. The molecule has 0 bridgehead atoms. The smallest absolute Gasteiger partial charge is 0.266 e. The molecule has 2 atom stereocenters. The topological polar surface area (TPSA) is 72.9 Å². The van der Waals surface area contributed by atoms with Gasteiger partial charge in [0, 0.05) is 61.6 Å². The van der Waals surface area contributed by atoms with Crippen LogP contribution in [0.2, 0.25) is 0 Å². The molecular weight excluding hydrogens is 511 g/mol. The Labute approximate surface area is 225 Å². The minimum atomic E-state index is -2.90. The van der Waals surface area contributed by atoms with Crippen LogP contribution in [0, 0.1) is 5.82 Å². The highest BCUT2D eigenvalue weighted by molar-refractivity contribution is 5.93. The zero-order chi connectivity index (χ0) is 27.5. The van der Waals surface area contributed by atoms with Crippen molar-refractivity contribution in [2.75, 3.05) is 31.6 Å². The van der Waals surface area contributed by atoms with Gasteiger partial charge in [0.2, 0.25) is 5.91 Å². The third-order valence-corrected chi connectivity index (χ3v) is 7.29. The van der Waals surface area contributed by atoms with Gasteiger partial charge in [0.15, 0.2) is 11.5 Å². The molecule has 10 heteroatoms. The molecule has 2 saturated heterocycles. The van der Waals surface area contributed by atoms with Crippen molar-refractivity contribution >= 4 is 22.5 Å². The van der Waals surface area contributed by atoms with E-state index in [1.165, 1.54) is 12.1 Å². The molecule has 0 spiro atoms. The second-order valence-corrected chi connectivity index (χ2v) is 10.0. The zero-order valence-corrected chi connectivity index (χ0v) is 22.0. The summed E-state index contributed by atoms with van der Waals surface area (Å²) in [6.07, 6.45) is 0.725. The number of nitrogens with zero attached hydrogens (tertiary/aromatic N) is 2. The van der Waals surface area contributed by atoms with E-state index in [0.29, 0.717) is 60.8 Å². The highest BCUT2D eigenvalue weighted by Gasteiger charge is 2.28. The van der Waals surface area contributed by atoms with Gasteiger partial charge in [-0.3, -0.25) is 9.78 Å². The number of aromatic nitrogens is 1. The largest absolute Gasteiger partial charge is 0.486 e. The van der Waals surface area contributed by atoms with Gasteiger partial charge < -0.3 is 24.4 Å². The fraction of sp³-hybridized carbons (Fsp3) is 0.448. The molecule has 0 unspecified atom stereocenters. The van der Waals surface area contributed by atoms with Crippen LogP contribution in [-0.4, -0.2) is 54.3 Å². The van der Waals surface area contributed by atoms with Crippen molar-refractivity contribution in [1.29, 1.82) is 0 Å². The molecule has 7 nitrogen and oxygen atoms in total. The van der Waals surface area contributed by atoms with Crippen LogP contribution in [-0.2, 0) is 9.53 Å². The molecule has 208 valence electrons. The second kappa shape index (κ2) is 11.7. The average Bonchev–Trinajstić information content (AvgIpc) is 3.39. The van der Waals surface area contributed by atoms with Crippen molar-refractivity contribution in [1.82, 2.24) is 9.88 Å². The third-order valence-electron chi connectivity index (χ3n) is 7.29. The second-order valence-electron chi connectivity index (χ2n) is 10.0. The number of pyridine rings is 1. The normalized spacial score (nSPS) is 18.9. The molecule has 3 heterocycles. The number of ether oxygens (including phenoxy) is 3. The number of rotatable bonds is 8. The number of fused-ring (bicyclic) bond motifs is 1. The number of nitrogens with one attached hydrogen (secondary N) is 1. The molecule has 1 amide bonds. The summed E-state index contributed by atoms with van der Waals surface area (Å²) in [7, 11) is 0. The summed E-state index contributed by atoms with van der Waals surface area (Å²) in [6, 6.07) is 8.84. The zero-order valence-electron chi connectivity index (χ0n) is 22.0. The lowest BCUT2D eigenvalue weighted by Crippen LogP contribution is -2.29. The van der Waals surface area contributed by atoms with Crippen molar-refractivity contribution in [3.63, 3.8) is 0 Å². The predicted octanol–water partition coefficient (Wildman–Crippen LogP) is 6.04. The van der Waals surface area contributed by atoms with Gasteiger partial charge in [-0.2, -0.15) is 0 Å². The van der Waals surface area contributed by atoms with Crippen molar-refractivity contribution in [2.45, 2.75) is 57.8 Å². The van der Waals surface area contributed by atoms with Crippen LogP contribution in [0.4, 0.5) is 18.9 Å². The van der Waals surface area contributed by atoms with E-state index in [1.807, 2.05) is 12.1 Å². The summed E-state index contributed by atoms with van der Waals surface area (Å²) in [5.41, 5.74) is 0.806. The number of amides is 1. The van der Waals surface area contributed by atoms with Gasteiger partial charge in [0.25, 0.3) is 6.43 Å². The third kappa shape index (κ3) is 6.06. The average molecular weight is 544 g/mol. The van der Waals surface area contributed by atoms with Crippen molar-refractivity contribution < 1.29 is 32.2 Å². The van der Waals surface area contributed by atoms with E-state index in [-0.39, 0.29) is 23.7 Å². The van der Waals surface area contributed by atoms with Gasteiger partial charge in [-0.1, -0.05) is 18.2 Å². The molecule has 2 aliphatic heterocycles. The van der Waals surface area contributed by atoms with Gasteiger partial charge in [0.1, 0.15) is 18.0 Å². The Morgan fingerprint density at radius 1 is 1.08 bits per heavy atom. The maximum absolute atomic E-state index is 14.8. The number of carbonyl (C=O) groups excluding carboxylic acids is 1. The molecule has 1 N–H and O–H groups in total. The summed E-state index contributed by atoms with van der Waals surface area (Å²) >= 11 is 0. The fourth-order valence-electron chi connectivity index (χ4n) is 5.11. The van der Waals surface area contributed by atoms with Crippen LogP contribution in [0.1, 0.15) is 56.7 Å². The molecule has 2 aromatic carbocycles. The molecule has 1 aromatic heterocycles. The Hall–Kier alpha value is -3.53. The van der Waals surface area contributed by atoms with E-state index in [4.69, 9.17) is 14.2 Å². The van der Waals surface area contributed by atoms with Crippen LogP contribution in [0.25, 0.3) is 10.9 Å². The lowest BCUT2D eigenvalue weighted by atomic mass is 10.0. The first kappa shape index (κ1) is 27.1. The maximum atomic E-state index is 14.8. The maximum Gasteiger partial charge on any atom is 0.266 e. The highest BCUT2D eigenvalue weighted by Crippen LogP contribution is 2.39. The van der Waals surface area contributed by atoms with Crippen molar-refractivity contribution in [2.24, 2.45) is 0 Å². The van der Waals surface area contributed by atoms with E-state index >= 15 is 0 Å². The molecule has 3 aromatic rings. The Balaban J connectivity index is 1.47. The molecule has 2 aliphatic rings. The monoisotopic (exact) mass is 543 g/mol. The summed E-state index contributed by atoms with van der Waals surface area (Å²) < 4.78 is 59.6. The van der Waals surface area contributed by atoms with Crippen LogP contribution in [0.3, 0.4) is 0 Å². The Kier molecular flexibility index (Phi) is 8.11. The number of anilines is 1. The first-order chi connectivity index (χ1) is 18.8. The van der Waals surface area contributed by atoms with E-state index in [2.05, 4.69) is 10.3 Å². The van der Waals surface area contributed by atoms with Gasteiger partial charge in [-0.25, -0.2) is 13.2 Å². The quantitative estimate of drug-likeness (QED) is 0.373. The van der Waals surface area contributed by atoms with Crippen molar-refractivity contribution in [3.05, 3.63) is 59.5 Å². The van der Waals surface area contributed by atoms with Gasteiger partial charge in [0.05, 0.1) is 36.9 Å². The summed E-state index contributed by atoms with van der Waals surface area (Å²) in [5, 5.41) is 3.97. The molecular formula is C29H32F3N3O4. The number of benzene rings is 2. The van der Waals surface area contributed by atoms with E-state index < -0.39 is 23.8 Å². The van der Waals surface area contributed by atoms with E-state index in [9.17, 15) is 18.0 Å². The molecule has 2 fully saturated rings. The minimum Gasteiger partial charge on any atom is -0.486 e. The SMILES string of the molecule is CC(=O)N1CC[C@H](Oc2cc3c(N[C@H](C)c4cccc(C(F)F)c4F)ccnc3cc2OC2CCOCC2)C1. The van der Waals surface area contributed by atoms with Crippen molar-refractivity contribution in [3.8, 4) is 11.5 Å². The molecule has 39 heavy (non-hydrogen) atoms. The molecule has 0 aliphatic carbocycles. The molecule has 0 radical (unpaired) electrons. The van der Waals surface area contributed by atoms with Gasteiger partial charge in [-0.05, 0) is 19.1 Å². The van der Waals surface area contributed by atoms with Gasteiger partial charge >= 0.3 is 0 Å². The van der Waals surface area contributed by atoms with E-state index in [1.54, 1.807) is 31.0 Å². The number of hydrogen-bond donors (Lipinski definition) is 1. The minimum absolute atomic E-state index is 0.00566. The summed E-state index contributed by atoms with van der Waals surface area (Å²) in [6.45, 7) is 5.62. The Bertz CT molecular complexity index is 1330. The number of alkyl halides is 2.